The molecule has 1 aromatic heterocycles. The summed E-state index contributed by atoms with van der Waals surface area (Å²) in [6, 6.07) is 21.3. The quantitative estimate of drug-likeness (QED) is 0.252. The van der Waals surface area contributed by atoms with Crippen LogP contribution in [0.25, 0.3) is 11.1 Å². The number of nitrogens with one attached hydrogen (secondary N) is 4. The Bertz CT molecular complexity index is 1740. The van der Waals surface area contributed by atoms with E-state index in [9.17, 15) is 16.8 Å². The molecular weight excluding hydrogens is 560 g/mol. The van der Waals surface area contributed by atoms with Gasteiger partial charge in [0.05, 0.1) is 9.79 Å². The summed E-state index contributed by atoms with van der Waals surface area (Å²) in [6.45, 7) is 3.05. The number of hydrogen-bond acceptors (Lipinski definition) is 8. The second-order valence-corrected chi connectivity index (χ2v) is 13.2. The highest BCUT2D eigenvalue weighted by Crippen LogP contribution is 2.28. The van der Waals surface area contributed by atoms with Crippen LogP contribution in [0.1, 0.15) is 24.5 Å². The van der Waals surface area contributed by atoms with Crippen molar-refractivity contribution in [3.63, 3.8) is 0 Å². The van der Waals surface area contributed by atoms with E-state index in [-0.39, 0.29) is 22.9 Å². The molecule has 0 spiro atoms. The number of anilines is 3. The number of aryl methyl sites for hydroxylation is 1. The van der Waals surface area contributed by atoms with Crippen molar-refractivity contribution in [1.29, 1.82) is 0 Å². The Morgan fingerprint density at radius 2 is 1.76 bits per heavy atom. The van der Waals surface area contributed by atoms with E-state index < -0.39 is 20.0 Å². The molecule has 1 aliphatic heterocycles. The van der Waals surface area contributed by atoms with Gasteiger partial charge in [-0.15, -0.1) is 0 Å². The smallest absolute Gasteiger partial charge is 0.240 e. The van der Waals surface area contributed by atoms with Crippen LogP contribution in [0.4, 0.5) is 17.5 Å². The fourth-order valence-corrected chi connectivity index (χ4v) is 6.66. The molecule has 12 heteroatoms. The molecule has 0 saturated heterocycles. The average molecular weight is 593 g/mol. The molecule has 0 fully saturated rings. The zero-order chi connectivity index (χ0) is 28.9. The Balaban J connectivity index is 1.29. The van der Waals surface area contributed by atoms with Crippen LogP contribution in [0, 0.1) is 0 Å². The number of fused-ring (bicyclic) bond motifs is 4. The largest absolute Gasteiger partial charge is 0.369 e. The molecule has 0 amide bonds. The number of hydrogen-bond donors (Lipinski definition) is 4. The predicted molar refractivity (Wildman–Crippen MR) is 160 cm³/mol. The second kappa shape index (κ2) is 12.4. The van der Waals surface area contributed by atoms with Crippen LogP contribution in [-0.4, -0.2) is 46.4 Å². The van der Waals surface area contributed by atoms with Crippen LogP contribution in [0.15, 0.2) is 88.8 Å². The number of aromatic nitrogens is 2. The molecule has 4 bridgehead atoms. The molecule has 0 aliphatic carbocycles. The van der Waals surface area contributed by atoms with Crippen molar-refractivity contribution in [3.8, 4) is 11.1 Å². The van der Waals surface area contributed by atoms with E-state index >= 15 is 0 Å². The lowest BCUT2D eigenvalue weighted by atomic mass is 10.0. The van der Waals surface area contributed by atoms with E-state index in [1.54, 1.807) is 48.7 Å². The maximum atomic E-state index is 12.7. The number of sulfonamides is 2. The molecule has 41 heavy (non-hydrogen) atoms. The molecule has 0 atom stereocenters. The fourth-order valence-electron chi connectivity index (χ4n) is 4.44. The maximum Gasteiger partial charge on any atom is 0.240 e. The highest BCUT2D eigenvalue weighted by atomic mass is 32.2. The summed E-state index contributed by atoms with van der Waals surface area (Å²) in [5.74, 6) is 0.960. The molecule has 3 aromatic carbocycles. The van der Waals surface area contributed by atoms with Crippen molar-refractivity contribution in [2.75, 3.05) is 30.3 Å². The third-order valence-electron chi connectivity index (χ3n) is 6.72. The fraction of sp³-hybridized carbons (Fsp3) is 0.241. The standard InChI is InChI=1S/C29H32N6O4S2/c1-2-21-6-3-8-25(18-21)40(36,37)33-17-14-22-10-12-23(13-11-22)27-20-31-29-34-24-7-4-9-26(19-24)41(38,39)32-16-5-15-30-28(27)35-29/h3-4,6-13,18-20,32-33H,2,5,14-17H2,1H3,(H2,30,31,34,35). The van der Waals surface area contributed by atoms with Gasteiger partial charge >= 0.3 is 0 Å². The van der Waals surface area contributed by atoms with Crippen LogP contribution in [0.5, 0.6) is 0 Å². The van der Waals surface area contributed by atoms with Crippen molar-refractivity contribution in [2.24, 2.45) is 0 Å². The highest BCUT2D eigenvalue weighted by Gasteiger charge is 2.17. The first-order valence-electron chi connectivity index (χ1n) is 13.4. The normalized spacial score (nSPS) is 15.0. The Kier molecular flexibility index (Phi) is 8.64. The van der Waals surface area contributed by atoms with Gasteiger partial charge in [0, 0.05) is 37.1 Å². The summed E-state index contributed by atoms with van der Waals surface area (Å²) >= 11 is 0. The highest BCUT2D eigenvalue weighted by molar-refractivity contribution is 7.89. The van der Waals surface area contributed by atoms with Gasteiger partial charge in [-0.3, -0.25) is 0 Å². The van der Waals surface area contributed by atoms with Gasteiger partial charge in [0.25, 0.3) is 0 Å². The second-order valence-electron chi connectivity index (χ2n) is 9.63. The third-order valence-corrected chi connectivity index (χ3v) is 9.63. The summed E-state index contributed by atoms with van der Waals surface area (Å²) in [5.41, 5.74) is 4.21. The lowest BCUT2D eigenvalue weighted by Gasteiger charge is -2.13. The van der Waals surface area contributed by atoms with Crippen molar-refractivity contribution in [3.05, 3.63) is 90.1 Å². The topological polar surface area (TPSA) is 142 Å². The van der Waals surface area contributed by atoms with Crippen LogP contribution in [-0.2, 0) is 32.9 Å². The Morgan fingerprint density at radius 3 is 2.56 bits per heavy atom. The first-order chi connectivity index (χ1) is 19.7. The van der Waals surface area contributed by atoms with Crippen LogP contribution >= 0.6 is 0 Å². The van der Waals surface area contributed by atoms with E-state index in [1.807, 2.05) is 37.3 Å². The van der Waals surface area contributed by atoms with Crippen molar-refractivity contribution in [2.45, 2.75) is 36.0 Å². The molecular formula is C29H32N6O4S2. The maximum absolute atomic E-state index is 12.7. The monoisotopic (exact) mass is 592 g/mol. The number of benzene rings is 3. The zero-order valence-corrected chi connectivity index (χ0v) is 24.2. The summed E-state index contributed by atoms with van der Waals surface area (Å²) in [7, 11) is -7.20. The van der Waals surface area contributed by atoms with Gasteiger partial charge in [0.2, 0.25) is 26.0 Å². The van der Waals surface area contributed by atoms with Gasteiger partial charge in [0.1, 0.15) is 5.82 Å². The van der Waals surface area contributed by atoms with E-state index in [0.717, 1.165) is 28.7 Å². The Labute approximate surface area is 240 Å². The third kappa shape index (κ3) is 7.09. The molecule has 214 valence electrons. The van der Waals surface area contributed by atoms with Crippen molar-refractivity contribution < 1.29 is 16.8 Å². The summed E-state index contributed by atoms with van der Waals surface area (Å²) < 4.78 is 55.9. The van der Waals surface area contributed by atoms with Crippen LogP contribution in [0.2, 0.25) is 0 Å². The zero-order valence-electron chi connectivity index (χ0n) is 22.6. The molecule has 0 radical (unpaired) electrons. The van der Waals surface area contributed by atoms with Crippen molar-refractivity contribution in [1.82, 2.24) is 19.4 Å². The van der Waals surface area contributed by atoms with Crippen LogP contribution < -0.4 is 20.1 Å². The minimum absolute atomic E-state index is 0.171. The first kappa shape index (κ1) is 28.7. The lowest BCUT2D eigenvalue weighted by molar-refractivity contribution is 0.579. The van der Waals surface area contributed by atoms with Crippen molar-refractivity contribution >= 4 is 37.5 Å². The molecule has 4 N–H and O–H groups in total. The molecule has 5 rings (SSSR count). The Hall–Kier alpha value is -3.84. The van der Waals surface area contributed by atoms with E-state index in [2.05, 4.69) is 30.0 Å². The molecule has 1 aliphatic rings. The van der Waals surface area contributed by atoms with Crippen LogP contribution in [0.3, 0.4) is 0 Å². The van der Waals surface area contributed by atoms with Gasteiger partial charge in [0.15, 0.2) is 0 Å². The van der Waals surface area contributed by atoms with E-state index in [1.165, 1.54) is 0 Å². The van der Waals surface area contributed by atoms with Gasteiger partial charge in [-0.25, -0.2) is 31.3 Å². The molecule has 0 saturated carbocycles. The van der Waals surface area contributed by atoms with Gasteiger partial charge in [-0.1, -0.05) is 49.4 Å². The molecule has 4 aromatic rings. The minimum atomic E-state index is -3.62. The number of rotatable bonds is 7. The lowest BCUT2D eigenvalue weighted by Crippen LogP contribution is -2.26. The SMILES string of the molecule is CCc1cccc(S(=O)(=O)NCCc2ccc(-c3cnc4nc3NCCCNS(=O)(=O)c3cccc(c3)N4)cc2)c1. The van der Waals surface area contributed by atoms with Gasteiger partial charge < -0.3 is 10.6 Å². The van der Waals surface area contributed by atoms with E-state index in [4.69, 9.17) is 0 Å². The minimum Gasteiger partial charge on any atom is -0.369 e. The predicted octanol–water partition coefficient (Wildman–Crippen LogP) is 4.06. The number of nitrogens with zero attached hydrogens (tertiary/aromatic N) is 2. The molecule has 10 nitrogen and oxygen atoms in total. The summed E-state index contributed by atoms with van der Waals surface area (Å²) in [5, 5.41) is 6.40. The summed E-state index contributed by atoms with van der Waals surface area (Å²) in [6.07, 6.45) is 3.59. The molecule has 2 heterocycles. The first-order valence-corrected chi connectivity index (χ1v) is 16.4. The van der Waals surface area contributed by atoms with Gasteiger partial charge in [-0.2, -0.15) is 4.98 Å². The average Bonchev–Trinajstić information content (AvgIpc) is 2.98. The van der Waals surface area contributed by atoms with Gasteiger partial charge in [-0.05, 0) is 66.3 Å². The molecule has 0 unspecified atom stereocenters. The Morgan fingerprint density at radius 1 is 0.951 bits per heavy atom. The summed E-state index contributed by atoms with van der Waals surface area (Å²) in [4.78, 5) is 9.57. The van der Waals surface area contributed by atoms with E-state index in [0.29, 0.717) is 36.8 Å².